The van der Waals surface area contributed by atoms with E-state index in [-0.39, 0.29) is 23.7 Å². The summed E-state index contributed by atoms with van der Waals surface area (Å²) in [6.07, 6.45) is -1.11. The summed E-state index contributed by atoms with van der Waals surface area (Å²) < 4.78 is 28.5. The Bertz CT molecular complexity index is 345. The van der Waals surface area contributed by atoms with E-state index in [0.29, 0.717) is 6.61 Å². The van der Waals surface area contributed by atoms with Crippen LogP contribution in [0.15, 0.2) is 0 Å². The number of fused-ring (bicyclic) bond motifs is 1. The maximum Gasteiger partial charge on any atom is 0.189 e. The topological polar surface area (TPSA) is 46.2 Å². The van der Waals surface area contributed by atoms with E-state index in [2.05, 4.69) is 0 Å². The first kappa shape index (κ1) is 13.1. The van der Waals surface area contributed by atoms with E-state index >= 15 is 0 Å². The zero-order valence-electron chi connectivity index (χ0n) is 11.0. The second kappa shape index (κ2) is 4.04. The molecule has 0 N–H and O–H groups in total. The lowest BCUT2D eigenvalue weighted by atomic mass is 10.1. The Hall–Kier alpha value is 0.0900. The molecule has 4 unspecified atom stereocenters. The fraction of sp³-hybridized carbons (Fsp3) is 1.00. The summed E-state index contributed by atoms with van der Waals surface area (Å²) in [6, 6.07) is 0. The third-order valence-electron chi connectivity index (χ3n) is 3.40. The summed E-state index contributed by atoms with van der Waals surface area (Å²) in [4.78, 5) is 0. The Morgan fingerprint density at radius 1 is 0.944 bits per heavy atom. The van der Waals surface area contributed by atoms with Crippen LogP contribution in [0.25, 0.3) is 0 Å². The monoisotopic (exact) mass is 278 g/mol. The number of ether oxygens (including phenoxy) is 5. The van der Waals surface area contributed by atoms with Crippen LogP contribution in [0, 0.1) is 0 Å². The lowest BCUT2D eigenvalue weighted by Gasteiger charge is -2.26. The van der Waals surface area contributed by atoms with E-state index in [9.17, 15) is 0 Å². The zero-order chi connectivity index (χ0) is 13.1. The van der Waals surface area contributed by atoms with Crippen molar-refractivity contribution in [2.45, 2.75) is 69.2 Å². The summed E-state index contributed by atoms with van der Waals surface area (Å²) in [5.41, 5.74) is 0. The predicted octanol–water partition coefficient (Wildman–Crippen LogP) is 1.62. The van der Waals surface area contributed by atoms with Crippen molar-refractivity contribution in [3.8, 4) is 0 Å². The van der Waals surface area contributed by atoms with Gasteiger partial charge in [-0.15, -0.1) is 11.6 Å². The molecule has 0 aromatic carbocycles. The smallest absolute Gasteiger partial charge is 0.189 e. The van der Waals surface area contributed by atoms with Crippen molar-refractivity contribution in [3.63, 3.8) is 0 Å². The van der Waals surface area contributed by atoms with Crippen molar-refractivity contribution in [2.24, 2.45) is 0 Å². The van der Waals surface area contributed by atoms with Crippen LogP contribution in [0.4, 0.5) is 0 Å². The second-order valence-corrected chi connectivity index (χ2v) is 6.38. The minimum atomic E-state index is -0.639. The molecule has 18 heavy (non-hydrogen) atoms. The van der Waals surface area contributed by atoms with Gasteiger partial charge in [0.05, 0.1) is 12.0 Å². The number of hydrogen-bond acceptors (Lipinski definition) is 5. The van der Waals surface area contributed by atoms with E-state index in [1.54, 1.807) is 0 Å². The van der Waals surface area contributed by atoms with Crippen LogP contribution in [-0.2, 0) is 23.7 Å². The van der Waals surface area contributed by atoms with Gasteiger partial charge in [0.2, 0.25) is 0 Å². The molecule has 0 aromatic rings. The number of hydrogen-bond donors (Lipinski definition) is 0. The van der Waals surface area contributed by atoms with Gasteiger partial charge in [0.25, 0.3) is 0 Å². The van der Waals surface area contributed by atoms with Crippen LogP contribution >= 0.6 is 11.6 Å². The van der Waals surface area contributed by atoms with E-state index in [1.165, 1.54) is 0 Å². The van der Waals surface area contributed by atoms with Gasteiger partial charge in [-0.25, -0.2) is 0 Å². The first-order chi connectivity index (χ1) is 8.27. The highest BCUT2D eigenvalue weighted by molar-refractivity contribution is 6.21. The van der Waals surface area contributed by atoms with Crippen LogP contribution in [0.3, 0.4) is 0 Å². The molecule has 3 aliphatic rings. The van der Waals surface area contributed by atoms with Crippen molar-refractivity contribution in [1.82, 2.24) is 0 Å². The van der Waals surface area contributed by atoms with Crippen molar-refractivity contribution < 1.29 is 23.7 Å². The molecule has 0 bridgehead atoms. The van der Waals surface area contributed by atoms with Gasteiger partial charge in [-0.3, -0.25) is 0 Å². The minimum absolute atomic E-state index is 0.177. The third kappa shape index (κ3) is 2.17. The summed E-state index contributed by atoms with van der Waals surface area (Å²) in [5, 5.41) is -0.292. The lowest BCUT2D eigenvalue weighted by molar-refractivity contribution is -0.220. The van der Waals surface area contributed by atoms with Crippen molar-refractivity contribution in [1.29, 1.82) is 0 Å². The van der Waals surface area contributed by atoms with Gasteiger partial charge in [-0.2, -0.15) is 0 Å². The molecule has 104 valence electrons. The van der Waals surface area contributed by atoms with Gasteiger partial charge < -0.3 is 23.7 Å². The zero-order valence-corrected chi connectivity index (χ0v) is 11.8. The van der Waals surface area contributed by atoms with Crippen LogP contribution < -0.4 is 0 Å². The van der Waals surface area contributed by atoms with Crippen LogP contribution in [0.5, 0.6) is 0 Å². The Labute approximate surface area is 112 Å². The van der Waals surface area contributed by atoms with Gasteiger partial charge in [0.15, 0.2) is 17.9 Å². The Balaban J connectivity index is 1.68. The maximum atomic E-state index is 6.41. The summed E-state index contributed by atoms with van der Waals surface area (Å²) in [6.45, 7) is 7.94. The molecule has 0 amide bonds. The average molecular weight is 279 g/mol. The third-order valence-corrected chi connectivity index (χ3v) is 3.90. The predicted molar refractivity (Wildman–Crippen MR) is 63.2 cm³/mol. The molecular weight excluding hydrogens is 260 g/mol. The first-order valence-electron chi connectivity index (χ1n) is 6.24. The summed E-state index contributed by atoms with van der Waals surface area (Å²) >= 11 is 6.41. The Morgan fingerprint density at radius 2 is 1.67 bits per heavy atom. The maximum absolute atomic E-state index is 6.41. The SMILES string of the molecule is CC1(C)OCC(C2O[C@@H]3OC(C)(C)OC3C2Cl)O1. The first-order valence-corrected chi connectivity index (χ1v) is 6.68. The molecule has 5 atom stereocenters. The second-order valence-electron chi connectivity index (χ2n) is 5.88. The van der Waals surface area contributed by atoms with E-state index in [4.69, 9.17) is 35.3 Å². The Morgan fingerprint density at radius 3 is 2.22 bits per heavy atom. The fourth-order valence-corrected chi connectivity index (χ4v) is 3.06. The largest absolute Gasteiger partial charge is 0.348 e. The highest BCUT2D eigenvalue weighted by Gasteiger charge is 2.57. The lowest BCUT2D eigenvalue weighted by Crippen LogP contribution is -2.39. The van der Waals surface area contributed by atoms with Crippen LogP contribution in [0.1, 0.15) is 27.7 Å². The van der Waals surface area contributed by atoms with Crippen molar-refractivity contribution in [3.05, 3.63) is 0 Å². The molecule has 0 radical (unpaired) electrons. The molecule has 0 saturated carbocycles. The van der Waals surface area contributed by atoms with Gasteiger partial charge in [-0.1, -0.05) is 0 Å². The molecule has 0 aromatic heterocycles. The van der Waals surface area contributed by atoms with Gasteiger partial charge >= 0.3 is 0 Å². The van der Waals surface area contributed by atoms with Gasteiger partial charge in [0.1, 0.15) is 18.3 Å². The molecule has 3 saturated heterocycles. The van der Waals surface area contributed by atoms with Gasteiger partial charge in [-0.05, 0) is 27.7 Å². The van der Waals surface area contributed by atoms with E-state index in [0.717, 1.165) is 0 Å². The molecule has 0 aliphatic carbocycles. The molecular formula is C12H19ClO5. The molecule has 3 heterocycles. The Kier molecular flexibility index (Phi) is 2.94. The van der Waals surface area contributed by atoms with Gasteiger partial charge in [0, 0.05) is 0 Å². The molecule has 0 spiro atoms. The highest BCUT2D eigenvalue weighted by Crippen LogP contribution is 2.42. The highest BCUT2D eigenvalue weighted by atomic mass is 35.5. The molecule has 3 rings (SSSR count). The normalized spacial score (nSPS) is 49.5. The fourth-order valence-electron chi connectivity index (χ4n) is 2.67. The minimum Gasteiger partial charge on any atom is -0.348 e. The van der Waals surface area contributed by atoms with Crippen LogP contribution in [0.2, 0.25) is 0 Å². The van der Waals surface area contributed by atoms with E-state index in [1.807, 2.05) is 27.7 Å². The quantitative estimate of drug-likeness (QED) is 0.682. The van der Waals surface area contributed by atoms with E-state index < -0.39 is 17.9 Å². The summed E-state index contributed by atoms with van der Waals surface area (Å²) in [5.74, 6) is -1.22. The number of halogens is 1. The molecule has 3 aliphatic heterocycles. The number of rotatable bonds is 1. The van der Waals surface area contributed by atoms with Crippen LogP contribution in [-0.4, -0.2) is 48.2 Å². The van der Waals surface area contributed by atoms with Crippen molar-refractivity contribution in [2.75, 3.05) is 6.61 Å². The molecule has 5 nitrogen and oxygen atoms in total. The average Bonchev–Trinajstić information content (AvgIpc) is 2.81. The van der Waals surface area contributed by atoms with Crippen molar-refractivity contribution >= 4 is 11.6 Å². The standard InChI is InChI=1S/C12H19ClO5/c1-11(2)14-5-6(16-11)8-7(13)9-10(15-8)18-12(3,4)17-9/h6-10H,5H2,1-4H3/t6?,7?,8?,9?,10-/m1/s1. The molecule has 3 fully saturated rings. The molecule has 6 heteroatoms. The summed E-state index contributed by atoms with van der Waals surface area (Å²) in [7, 11) is 0. The number of alkyl halides is 1.